The van der Waals surface area contributed by atoms with Crippen molar-refractivity contribution in [2.75, 3.05) is 0 Å². The Balaban J connectivity index is 2.61. The molecule has 0 bridgehead atoms. The van der Waals surface area contributed by atoms with Crippen molar-refractivity contribution in [2.45, 2.75) is 19.8 Å². The summed E-state index contributed by atoms with van der Waals surface area (Å²) < 4.78 is 18.2. The standard InChI is InChI=1S/C13H12FNO3/c1-7(2)10-11(13(16)17)15-18-12(10)8-4-3-5-9(14)6-8/h3-7H,1-2H3,(H,16,17). The number of rotatable bonds is 3. The summed E-state index contributed by atoms with van der Waals surface area (Å²) in [5.41, 5.74) is 0.844. The highest BCUT2D eigenvalue weighted by Crippen LogP contribution is 2.32. The molecular formula is C13H12FNO3. The molecule has 1 aromatic carbocycles. The molecule has 1 N–H and O–H groups in total. The Morgan fingerprint density at radius 1 is 1.44 bits per heavy atom. The Bertz CT molecular complexity index is 590. The van der Waals surface area contributed by atoms with Crippen LogP contribution in [-0.4, -0.2) is 16.2 Å². The van der Waals surface area contributed by atoms with Crippen LogP contribution in [-0.2, 0) is 0 Å². The van der Waals surface area contributed by atoms with Gasteiger partial charge in [-0.15, -0.1) is 0 Å². The Kier molecular flexibility index (Phi) is 3.14. The maximum atomic E-state index is 13.2. The van der Waals surface area contributed by atoms with E-state index in [1.54, 1.807) is 6.07 Å². The topological polar surface area (TPSA) is 63.3 Å². The molecule has 0 aliphatic heterocycles. The molecule has 0 fully saturated rings. The summed E-state index contributed by atoms with van der Waals surface area (Å²) in [5, 5.41) is 12.6. The van der Waals surface area contributed by atoms with E-state index in [0.29, 0.717) is 16.9 Å². The second-order valence-electron chi connectivity index (χ2n) is 4.24. The average Bonchev–Trinajstić information content (AvgIpc) is 2.73. The number of aromatic nitrogens is 1. The van der Waals surface area contributed by atoms with Crippen molar-refractivity contribution in [2.24, 2.45) is 0 Å². The second-order valence-corrected chi connectivity index (χ2v) is 4.24. The first-order chi connectivity index (χ1) is 8.50. The average molecular weight is 249 g/mol. The number of halogens is 1. The minimum absolute atomic E-state index is 0.0828. The van der Waals surface area contributed by atoms with E-state index in [2.05, 4.69) is 5.16 Å². The maximum absolute atomic E-state index is 13.2. The number of carbonyl (C=O) groups is 1. The van der Waals surface area contributed by atoms with Gasteiger partial charge in [0.2, 0.25) is 0 Å². The summed E-state index contributed by atoms with van der Waals surface area (Å²) in [5.74, 6) is -1.33. The normalized spacial score (nSPS) is 10.9. The lowest BCUT2D eigenvalue weighted by molar-refractivity contribution is 0.0684. The molecule has 0 aliphatic carbocycles. The zero-order valence-electron chi connectivity index (χ0n) is 9.98. The molecule has 2 rings (SSSR count). The van der Waals surface area contributed by atoms with Crippen molar-refractivity contribution >= 4 is 5.97 Å². The summed E-state index contributed by atoms with van der Waals surface area (Å²) in [6, 6.07) is 5.80. The maximum Gasteiger partial charge on any atom is 0.358 e. The molecule has 0 unspecified atom stereocenters. The molecule has 0 atom stereocenters. The predicted molar refractivity (Wildman–Crippen MR) is 62.9 cm³/mol. The molecule has 1 heterocycles. The zero-order chi connectivity index (χ0) is 13.3. The van der Waals surface area contributed by atoms with E-state index in [4.69, 9.17) is 9.63 Å². The molecule has 2 aromatic rings. The van der Waals surface area contributed by atoms with Crippen molar-refractivity contribution in [3.8, 4) is 11.3 Å². The Hall–Kier alpha value is -2.17. The van der Waals surface area contributed by atoms with Crippen molar-refractivity contribution in [3.63, 3.8) is 0 Å². The number of hydrogen-bond acceptors (Lipinski definition) is 3. The van der Waals surface area contributed by atoms with Gasteiger partial charge in [-0.05, 0) is 18.1 Å². The van der Waals surface area contributed by atoms with E-state index in [-0.39, 0.29) is 11.6 Å². The van der Waals surface area contributed by atoms with Crippen LogP contribution in [0.5, 0.6) is 0 Å². The molecule has 0 spiro atoms. The lowest BCUT2D eigenvalue weighted by atomic mass is 9.97. The van der Waals surface area contributed by atoms with Gasteiger partial charge in [-0.25, -0.2) is 9.18 Å². The van der Waals surface area contributed by atoms with Gasteiger partial charge in [-0.1, -0.05) is 31.1 Å². The monoisotopic (exact) mass is 249 g/mol. The second kappa shape index (κ2) is 4.60. The van der Waals surface area contributed by atoms with Crippen LogP contribution >= 0.6 is 0 Å². The quantitative estimate of drug-likeness (QED) is 0.906. The minimum Gasteiger partial charge on any atom is -0.476 e. The molecule has 94 valence electrons. The van der Waals surface area contributed by atoms with Gasteiger partial charge in [0.15, 0.2) is 11.5 Å². The van der Waals surface area contributed by atoms with E-state index in [9.17, 15) is 9.18 Å². The fraction of sp³-hybridized carbons (Fsp3) is 0.231. The highest BCUT2D eigenvalue weighted by atomic mass is 19.1. The number of hydrogen-bond donors (Lipinski definition) is 1. The van der Waals surface area contributed by atoms with E-state index in [1.165, 1.54) is 18.2 Å². The molecule has 0 saturated heterocycles. The van der Waals surface area contributed by atoms with Crippen LogP contribution in [0.1, 0.15) is 35.8 Å². The van der Waals surface area contributed by atoms with Crippen LogP contribution in [0.4, 0.5) is 4.39 Å². The molecule has 18 heavy (non-hydrogen) atoms. The summed E-state index contributed by atoms with van der Waals surface area (Å²) in [7, 11) is 0. The van der Waals surface area contributed by atoms with Crippen LogP contribution < -0.4 is 0 Å². The highest BCUT2D eigenvalue weighted by Gasteiger charge is 2.24. The van der Waals surface area contributed by atoms with E-state index in [1.807, 2.05) is 13.8 Å². The van der Waals surface area contributed by atoms with Crippen LogP contribution in [0.3, 0.4) is 0 Å². The molecular weight excluding hydrogens is 237 g/mol. The Morgan fingerprint density at radius 3 is 2.72 bits per heavy atom. The molecule has 4 nitrogen and oxygen atoms in total. The third-order valence-electron chi connectivity index (χ3n) is 2.59. The minimum atomic E-state index is -1.15. The van der Waals surface area contributed by atoms with Gasteiger partial charge in [0.1, 0.15) is 5.82 Å². The van der Waals surface area contributed by atoms with Crippen LogP contribution in [0.25, 0.3) is 11.3 Å². The number of carboxylic acids is 1. The van der Waals surface area contributed by atoms with Gasteiger partial charge in [-0.3, -0.25) is 0 Å². The van der Waals surface area contributed by atoms with E-state index in [0.717, 1.165) is 0 Å². The summed E-state index contributed by atoms with van der Waals surface area (Å²) in [6.07, 6.45) is 0. The van der Waals surface area contributed by atoms with Crippen LogP contribution in [0.15, 0.2) is 28.8 Å². The highest BCUT2D eigenvalue weighted by molar-refractivity contribution is 5.89. The Labute approximate surface area is 103 Å². The molecule has 0 radical (unpaired) electrons. The van der Waals surface area contributed by atoms with Gasteiger partial charge in [-0.2, -0.15) is 0 Å². The van der Waals surface area contributed by atoms with Crippen LogP contribution in [0, 0.1) is 5.82 Å². The molecule has 1 aromatic heterocycles. The van der Waals surface area contributed by atoms with E-state index >= 15 is 0 Å². The zero-order valence-corrected chi connectivity index (χ0v) is 9.98. The summed E-state index contributed by atoms with van der Waals surface area (Å²) >= 11 is 0. The third-order valence-corrected chi connectivity index (χ3v) is 2.59. The van der Waals surface area contributed by atoms with Gasteiger partial charge >= 0.3 is 5.97 Å². The lowest BCUT2D eigenvalue weighted by Crippen LogP contribution is -2.03. The number of nitrogens with zero attached hydrogens (tertiary/aromatic N) is 1. The van der Waals surface area contributed by atoms with Crippen LogP contribution in [0.2, 0.25) is 0 Å². The van der Waals surface area contributed by atoms with Gasteiger partial charge in [0.25, 0.3) is 0 Å². The fourth-order valence-electron chi connectivity index (χ4n) is 1.82. The van der Waals surface area contributed by atoms with Gasteiger partial charge in [0.05, 0.1) is 0 Å². The number of benzene rings is 1. The molecule has 5 heteroatoms. The number of carboxylic acid groups (broad SMARTS) is 1. The molecule has 0 amide bonds. The van der Waals surface area contributed by atoms with E-state index < -0.39 is 11.8 Å². The first kappa shape index (κ1) is 12.3. The smallest absolute Gasteiger partial charge is 0.358 e. The number of aromatic carboxylic acids is 1. The van der Waals surface area contributed by atoms with Crippen molar-refractivity contribution < 1.29 is 18.8 Å². The predicted octanol–water partition coefficient (Wildman–Crippen LogP) is 3.30. The third kappa shape index (κ3) is 2.11. The van der Waals surface area contributed by atoms with Gasteiger partial charge < -0.3 is 9.63 Å². The Morgan fingerprint density at radius 2 is 2.17 bits per heavy atom. The lowest BCUT2D eigenvalue weighted by Gasteiger charge is -2.05. The van der Waals surface area contributed by atoms with Crippen molar-refractivity contribution in [1.29, 1.82) is 0 Å². The molecule has 0 saturated carbocycles. The summed E-state index contributed by atoms with van der Waals surface area (Å²) in [4.78, 5) is 11.0. The largest absolute Gasteiger partial charge is 0.476 e. The SMILES string of the molecule is CC(C)c1c(C(=O)O)noc1-c1cccc(F)c1. The first-order valence-electron chi connectivity index (χ1n) is 5.49. The van der Waals surface area contributed by atoms with Crippen molar-refractivity contribution in [1.82, 2.24) is 5.16 Å². The fourth-order valence-corrected chi connectivity index (χ4v) is 1.82. The summed E-state index contributed by atoms with van der Waals surface area (Å²) in [6.45, 7) is 3.67. The van der Waals surface area contributed by atoms with Gasteiger partial charge in [0, 0.05) is 11.1 Å². The molecule has 0 aliphatic rings. The first-order valence-corrected chi connectivity index (χ1v) is 5.49. The van der Waals surface area contributed by atoms with Crippen molar-refractivity contribution in [3.05, 3.63) is 41.3 Å².